The fourth-order valence-electron chi connectivity index (χ4n) is 7.24. The number of morpholine rings is 1. The van der Waals surface area contributed by atoms with E-state index in [4.69, 9.17) is 26.3 Å². The normalized spacial score (nSPS) is 14.9. The van der Waals surface area contributed by atoms with E-state index in [0.717, 1.165) is 83.7 Å². The lowest BCUT2D eigenvalue weighted by atomic mass is 9.91. The molecule has 272 valence electrons. The van der Waals surface area contributed by atoms with Crippen LogP contribution < -0.4 is 9.80 Å². The molecule has 1 saturated heterocycles. The molecule has 0 unspecified atom stereocenters. The van der Waals surface area contributed by atoms with Crippen LogP contribution in [0.3, 0.4) is 0 Å². The van der Waals surface area contributed by atoms with Gasteiger partial charge in [0, 0.05) is 71.7 Å². The number of halogens is 3. The Hall–Kier alpha value is -5.72. The van der Waals surface area contributed by atoms with Crippen LogP contribution >= 0.6 is 11.6 Å². The van der Waals surface area contributed by atoms with E-state index in [1.165, 1.54) is 18.3 Å². The van der Waals surface area contributed by atoms with Crippen LogP contribution in [-0.4, -0.2) is 67.7 Å². The van der Waals surface area contributed by atoms with E-state index in [9.17, 15) is 8.78 Å². The average molecular weight is 744 g/mol. The second-order valence-corrected chi connectivity index (χ2v) is 14.4. The van der Waals surface area contributed by atoms with Gasteiger partial charge in [-0.2, -0.15) is 0 Å². The molecule has 54 heavy (non-hydrogen) atoms. The fraction of sp³-hybridized carbons (Fsp3) is 0.244. The topological polar surface area (TPSA) is 106 Å². The lowest BCUT2D eigenvalue weighted by Gasteiger charge is -2.30. The summed E-state index contributed by atoms with van der Waals surface area (Å²) in [5.74, 6) is -0.797. The maximum Gasteiger partial charge on any atom is 0.161 e. The summed E-state index contributed by atoms with van der Waals surface area (Å²) in [6.07, 6.45) is 10.9. The van der Waals surface area contributed by atoms with Crippen LogP contribution in [0.2, 0.25) is 5.02 Å². The van der Waals surface area contributed by atoms with Crippen LogP contribution in [-0.2, 0) is 10.2 Å². The SMILES string of the molecule is Cc1c(-c2cncc(F)c2)nc2ncccc2c1Cl.Cc1c(-c2cncc(F)c2)nc2ncccc2c1N1CC(C)(C)c2ncc(N3CCOCC3)cc21. The average Bonchev–Trinajstić information content (AvgIpc) is 3.45. The number of hydrogen-bond acceptors (Lipinski definition) is 10. The van der Waals surface area contributed by atoms with Gasteiger partial charge >= 0.3 is 0 Å². The van der Waals surface area contributed by atoms with Gasteiger partial charge in [0.25, 0.3) is 0 Å². The highest BCUT2D eigenvalue weighted by atomic mass is 35.5. The van der Waals surface area contributed by atoms with Crippen molar-refractivity contribution in [1.29, 1.82) is 0 Å². The van der Waals surface area contributed by atoms with Gasteiger partial charge in [-0.05, 0) is 67.4 Å². The van der Waals surface area contributed by atoms with Gasteiger partial charge in [0.05, 0.1) is 71.0 Å². The van der Waals surface area contributed by atoms with E-state index in [1.807, 2.05) is 32.2 Å². The molecular weight excluding hydrogens is 708 g/mol. The Morgan fingerprint density at radius 1 is 0.741 bits per heavy atom. The molecule has 0 spiro atoms. The Morgan fingerprint density at radius 3 is 1.96 bits per heavy atom. The Balaban J connectivity index is 0.000000183. The summed E-state index contributed by atoms with van der Waals surface area (Å²) < 4.78 is 32.9. The molecule has 9 rings (SSSR count). The maximum absolute atomic E-state index is 14.1. The molecule has 13 heteroatoms. The van der Waals surface area contributed by atoms with E-state index in [1.54, 1.807) is 30.9 Å². The quantitative estimate of drug-likeness (QED) is 0.174. The van der Waals surface area contributed by atoms with Crippen molar-refractivity contribution in [3.63, 3.8) is 0 Å². The predicted octanol–water partition coefficient (Wildman–Crippen LogP) is 8.59. The van der Waals surface area contributed by atoms with Gasteiger partial charge in [-0.3, -0.25) is 15.0 Å². The number of nitrogens with zero attached hydrogens (tertiary/aromatic N) is 9. The Bertz CT molecular complexity index is 2540. The number of pyridine rings is 7. The zero-order valence-electron chi connectivity index (χ0n) is 30.2. The summed E-state index contributed by atoms with van der Waals surface area (Å²) >= 11 is 6.33. The van der Waals surface area contributed by atoms with Crippen LogP contribution in [0.25, 0.3) is 44.6 Å². The van der Waals surface area contributed by atoms with Crippen molar-refractivity contribution in [3.05, 3.63) is 119 Å². The molecule has 0 atom stereocenters. The second-order valence-electron chi connectivity index (χ2n) is 14.0. The third kappa shape index (κ3) is 6.56. The molecule has 1 fully saturated rings. The second kappa shape index (κ2) is 14.3. The molecule has 0 amide bonds. The summed E-state index contributed by atoms with van der Waals surface area (Å²) in [7, 11) is 0. The molecule has 7 aromatic rings. The predicted molar refractivity (Wildman–Crippen MR) is 207 cm³/mol. The molecule has 0 radical (unpaired) electrons. The molecule has 0 N–H and O–H groups in total. The summed E-state index contributed by atoms with van der Waals surface area (Å²) in [5, 5.41) is 2.32. The van der Waals surface area contributed by atoms with Crippen molar-refractivity contribution >= 4 is 50.7 Å². The van der Waals surface area contributed by atoms with E-state index in [2.05, 4.69) is 60.7 Å². The van der Waals surface area contributed by atoms with E-state index >= 15 is 0 Å². The summed E-state index contributed by atoms with van der Waals surface area (Å²) in [6.45, 7) is 12.2. The highest BCUT2D eigenvalue weighted by Crippen LogP contribution is 2.48. The van der Waals surface area contributed by atoms with Gasteiger partial charge in [-0.1, -0.05) is 25.4 Å². The highest BCUT2D eigenvalue weighted by molar-refractivity contribution is 6.36. The number of ether oxygens (including phenoxy) is 1. The van der Waals surface area contributed by atoms with Crippen LogP contribution in [0.1, 0.15) is 30.7 Å². The fourth-order valence-corrected chi connectivity index (χ4v) is 7.48. The molecular formula is C41H36ClF2N9O. The smallest absolute Gasteiger partial charge is 0.161 e. The molecule has 0 aliphatic carbocycles. The van der Waals surface area contributed by atoms with Crippen molar-refractivity contribution in [2.75, 3.05) is 42.6 Å². The van der Waals surface area contributed by atoms with Crippen LogP contribution in [0.4, 0.5) is 25.8 Å². The standard InChI is InChI=1S/C27H27FN6O.C14H9ClFN3/c1-17-23(18-11-19(28)14-29-13-18)32-26-21(5-4-6-30-26)24(17)34-16-27(2,3)25-22(34)12-20(15-31-25)33-7-9-35-10-8-33;1-8-12(15)11-3-2-4-18-14(11)19-13(8)9-5-10(16)7-17-6-9/h4-6,11-15H,7-10,16H2,1-3H3;2-7H,1H3. The highest BCUT2D eigenvalue weighted by Gasteiger charge is 2.39. The number of hydrogen-bond donors (Lipinski definition) is 0. The lowest BCUT2D eigenvalue weighted by molar-refractivity contribution is 0.122. The van der Waals surface area contributed by atoms with Crippen molar-refractivity contribution in [3.8, 4) is 22.5 Å². The van der Waals surface area contributed by atoms with Crippen molar-refractivity contribution in [1.82, 2.24) is 34.9 Å². The van der Waals surface area contributed by atoms with Gasteiger partial charge < -0.3 is 14.5 Å². The number of aromatic nitrogens is 7. The monoisotopic (exact) mass is 743 g/mol. The molecule has 9 heterocycles. The van der Waals surface area contributed by atoms with E-state index in [0.29, 0.717) is 38.8 Å². The van der Waals surface area contributed by atoms with Crippen molar-refractivity contribution in [2.24, 2.45) is 0 Å². The first kappa shape index (κ1) is 35.3. The number of anilines is 3. The van der Waals surface area contributed by atoms with Gasteiger partial charge in [-0.25, -0.2) is 28.7 Å². The maximum atomic E-state index is 14.1. The number of fused-ring (bicyclic) bond motifs is 3. The molecule has 7 aromatic heterocycles. The molecule has 10 nitrogen and oxygen atoms in total. The van der Waals surface area contributed by atoms with E-state index < -0.39 is 11.6 Å². The largest absolute Gasteiger partial charge is 0.378 e. The van der Waals surface area contributed by atoms with Crippen LogP contribution in [0.5, 0.6) is 0 Å². The van der Waals surface area contributed by atoms with Gasteiger partial charge in [0.2, 0.25) is 0 Å². The van der Waals surface area contributed by atoms with Crippen LogP contribution in [0, 0.1) is 25.5 Å². The first-order valence-electron chi connectivity index (χ1n) is 17.6. The zero-order chi connectivity index (χ0) is 37.6. The summed E-state index contributed by atoms with van der Waals surface area (Å²) in [5.41, 5.74) is 9.53. The van der Waals surface area contributed by atoms with Crippen LogP contribution in [0.15, 0.2) is 85.8 Å². The van der Waals surface area contributed by atoms with Gasteiger partial charge in [-0.15, -0.1) is 0 Å². The van der Waals surface area contributed by atoms with Gasteiger partial charge in [0.15, 0.2) is 11.3 Å². The lowest BCUT2D eigenvalue weighted by Crippen LogP contribution is -2.36. The Kier molecular flexibility index (Phi) is 9.32. The Morgan fingerprint density at radius 2 is 1.33 bits per heavy atom. The third-order valence-corrected chi connectivity index (χ3v) is 10.3. The minimum absolute atomic E-state index is 0.149. The molecule has 0 bridgehead atoms. The number of rotatable bonds is 4. The van der Waals surface area contributed by atoms with Crippen molar-refractivity contribution in [2.45, 2.75) is 33.1 Å². The van der Waals surface area contributed by atoms with Crippen molar-refractivity contribution < 1.29 is 13.5 Å². The minimum atomic E-state index is -0.407. The minimum Gasteiger partial charge on any atom is -0.378 e. The first-order chi connectivity index (χ1) is 26.1. The molecule has 2 aliphatic heterocycles. The summed E-state index contributed by atoms with van der Waals surface area (Å²) in [4.78, 5) is 35.5. The van der Waals surface area contributed by atoms with Gasteiger partial charge in [0.1, 0.15) is 11.6 Å². The summed E-state index contributed by atoms with van der Waals surface area (Å²) in [6, 6.07) is 12.7. The third-order valence-electron chi connectivity index (χ3n) is 9.84. The molecule has 0 saturated carbocycles. The Labute approximate surface area is 315 Å². The molecule has 0 aromatic carbocycles. The zero-order valence-corrected chi connectivity index (χ0v) is 30.9. The van der Waals surface area contributed by atoms with E-state index in [-0.39, 0.29) is 5.41 Å². The molecule has 2 aliphatic rings. The first-order valence-corrected chi connectivity index (χ1v) is 18.0.